The molecule has 2 aromatic rings. The number of carbonyl (C=O) groups excluding carboxylic acids is 1. The summed E-state index contributed by atoms with van der Waals surface area (Å²) in [4.78, 5) is 20.3. The van der Waals surface area contributed by atoms with Gasteiger partial charge in [-0.2, -0.15) is 0 Å². The number of hydrogen-bond donors (Lipinski definition) is 0. The maximum absolute atomic E-state index is 11.8. The van der Waals surface area contributed by atoms with Crippen molar-refractivity contribution in [3.8, 4) is 11.6 Å². The second kappa shape index (κ2) is 6.98. The first-order chi connectivity index (χ1) is 13.7. The molecule has 0 N–H and O–H groups in total. The number of aromatic nitrogens is 1. The van der Waals surface area contributed by atoms with Crippen molar-refractivity contribution in [1.82, 2.24) is 14.8 Å². The molecule has 0 aliphatic carbocycles. The van der Waals surface area contributed by atoms with E-state index in [4.69, 9.17) is 14.2 Å². The Morgan fingerprint density at radius 2 is 2.07 bits per heavy atom. The van der Waals surface area contributed by atoms with E-state index in [-0.39, 0.29) is 18.2 Å². The Balaban J connectivity index is 1.21. The maximum atomic E-state index is 11.8. The van der Waals surface area contributed by atoms with Crippen LogP contribution in [0.15, 0.2) is 42.6 Å². The van der Waals surface area contributed by atoms with Gasteiger partial charge in [0.15, 0.2) is 11.9 Å². The van der Waals surface area contributed by atoms with Crippen LogP contribution in [0.2, 0.25) is 0 Å². The molecule has 3 aliphatic rings. The van der Waals surface area contributed by atoms with E-state index in [0.29, 0.717) is 24.3 Å². The van der Waals surface area contributed by atoms with E-state index in [1.807, 2.05) is 17.0 Å². The highest BCUT2D eigenvalue weighted by Gasteiger charge is 2.45. The third kappa shape index (κ3) is 3.05. The van der Waals surface area contributed by atoms with Crippen LogP contribution in [0, 0.1) is 0 Å². The van der Waals surface area contributed by atoms with Gasteiger partial charge < -0.3 is 19.1 Å². The number of likely N-dealkylation sites (tertiary alicyclic amines) is 2. The molecule has 5 rings (SSSR count). The molecule has 3 atom stereocenters. The van der Waals surface area contributed by atoms with E-state index in [1.165, 1.54) is 12.7 Å². The van der Waals surface area contributed by atoms with Crippen molar-refractivity contribution in [1.29, 1.82) is 0 Å². The third-order valence-electron chi connectivity index (χ3n) is 5.88. The predicted octanol–water partition coefficient (Wildman–Crippen LogP) is 2.62. The fourth-order valence-corrected chi connectivity index (χ4v) is 4.43. The molecule has 0 saturated carbocycles. The van der Waals surface area contributed by atoms with Crippen molar-refractivity contribution < 1.29 is 19.0 Å². The van der Waals surface area contributed by atoms with Crippen molar-refractivity contribution in [2.24, 2.45) is 0 Å². The monoisotopic (exact) mass is 381 g/mol. The lowest BCUT2D eigenvalue weighted by molar-refractivity contribution is 0.0848. The molecule has 0 spiro atoms. The molecule has 1 amide bonds. The van der Waals surface area contributed by atoms with Crippen LogP contribution in [0.3, 0.4) is 0 Å². The molecular weight excluding hydrogens is 358 g/mol. The van der Waals surface area contributed by atoms with E-state index >= 15 is 0 Å². The molecule has 7 heteroatoms. The zero-order valence-electron chi connectivity index (χ0n) is 15.8. The normalized spacial score (nSPS) is 25.8. The smallest absolute Gasteiger partial charge is 0.409 e. The number of carbonyl (C=O) groups is 1. The first kappa shape index (κ1) is 17.3. The number of ether oxygens (including phenoxy) is 3. The fourth-order valence-electron chi connectivity index (χ4n) is 4.43. The molecule has 3 aliphatic heterocycles. The molecule has 4 heterocycles. The van der Waals surface area contributed by atoms with Gasteiger partial charge in [-0.25, -0.2) is 9.78 Å². The summed E-state index contributed by atoms with van der Waals surface area (Å²) in [6.07, 6.45) is 2.39. The number of piperazine rings is 1. The standard InChI is InChI=1S/C21H23N3O4/c1-26-21(25)24-12-16-9-17(24)11-23(16)10-14-4-6-15(7-5-14)19-13-27-18-3-2-8-22-20(18)28-19/h2-8,16-17,19H,9-13H2,1H3. The quantitative estimate of drug-likeness (QED) is 0.814. The Hall–Kier alpha value is -2.80. The maximum Gasteiger partial charge on any atom is 0.409 e. The molecule has 3 unspecified atom stereocenters. The first-order valence-electron chi connectivity index (χ1n) is 9.63. The molecule has 0 radical (unpaired) electrons. The van der Waals surface area contributed by atoms with Gasteiger partial charge in [-0.15, -0.1) is 0 Å². The van der Waals surface area contributed by atoms with Gasteiger partial charge in [0.25, 0.3) is 5.88 Å². The SMILES string of the molecule is COC(=O)N1CC2CC1CN2Cc1ccc(C2COc3cccnc3O2)cc1. The lowest BCUT2D eigenvalue weighted by atomic mass is 10.1. The Labute approximate surface area is 163 Å². The zero-order valence-corrected chi connectivity index (χ0v) is 15.8. The van der Waals surface area contributed by atoms with Gasteiger partial charge in [-0.1, -0.05) is 24.3 Å². The summed E-state index contributed by atoms with van der Waals surface area (Å²) in [5, 5.41) is 0. The number of pyridine rings is 1. The number of nitrogens with zero attached hydrogens (tertiary/aromatic N) is 3. The van der Waals surface area contributed by atoms with E-state index in [9.17, 15) is 4.79 Å². The number of rotatable bonds is 3. The first-order valence-corrected chi connectivity index (χ1v) is 9.63. The average molecular weight is 381 g/mol. The molecule has 28 heavy (non-hydrogen) atoms. The van der Waals surface area contributed by atoms with Crippen LogP contribution in [0.1, 0.15) is 23.7 Å². The van der Waals surface area contributed by atoms with Crippen LogP contribution < -0.4 is 9.47 Å². The van der Waals surface area contributed by atoms with Gasteiger partial charge in [-0.3, -0.25) is 4.90 Å². The number of benzene rings is 1. The van der Waals surface area contributed by atoms with Crippen LogP contribution in [-0.2, 0) is 11.3 Å². The van der Waals surface area contributed by atoms with Crippen molar-refractivity contribution in [2.75, 3.05) is 26.8 Å². The highest BCUT2D eigenvalue weighted by molar-refractivity contribution is 5.68. The minimum atomic E-state index is -0.206. The Kier molecular flexibility index (Phi) is 4.31. The van der Waals surface area contributed by atoms with Crippen molar-refractivity contribution >= 4 is 6.09 Å². The molecule has 2 fully saturated rings. The van der Waals surface area contributed by atoms with Gasteiger partial charge in [0.05, 0.1) is 7.11 Å². The van der Waals surface area contributed by atoms with Crippen LogP contribution in [0.25, 0.3) is 0 Å². The minimum Gasteiger partial charge on any atom is -0.484 e. The highest BCUT2D eigenvalue weighted by Crippen LogP contribution is 2.35. The lowest BCUT2D eigenvalue weighted by Gasteiger charge is -2.33. The second-order valence-electron chi connectivity index (χ2n) is 7.56. The summed E-state index contributed by atoms with van der Waals surface area (Å²) in [5.74, 6) is 1.24. The van der Waals surface area contributed by atoms with Gasteiger partial charge in [0.2, 0.25) is 0 Å². The summed E-state index contributed by atoms with van der Waals surface area (Å²) >= 11 is 0. The largest absolute Gasteiger partial charge is 0.484 e. The average Bonchev–Trinajstić information content (AvgIpc) is 3.34. The summed E-state index contributed by atoms with van der Waals surface area (Å²) in [7, 11) is 1.45. The molecule has 2 bridgehead atoms. The van der Waals surface area contributed by atoms with Gasteiger partial charge >= 0.3 is 6.09 Å². The minimum absolute atomic E-state index is 0.145. The molecule has 1 aromatic heterocycles. The van der Waals surface area contributed by atoms with E-state index in [0.717, 1.165) is 31.6 Å². The van der Waals surface area contributed by atoms with Gasteiger partial charge in [0, 0.05) is 37.9 Å². The number of amides is 1. The summed E-state index contributed by atoms with van der Waals surface area (Å²) in [6, 6.07) is 12.9. The predicted molar refractivity (Wildman–Crippen MR) is 101 cm³/mol. The molecule has 1 aromatic carbocycles. The van der Waals surface area contributed by atoms with Crippen molar-refractivity contribution in [2.45, 2.75) is 31.2 Å². The number of hydrogen-bond acceptors (Lipinski definition) is 6. The topological polar surface area (TPSA) is 64.1 Å². The second-order valence-corrected chi connectivity index (χ2v) is 7.56. The third-order valence-corrected chi connectivity index (χ3v) is 5.88. The summed E-state index contributed by atoms with van der Waals surface area (Å²) in [5.41, 5.74) is 2.34. The lowest BCUT2D eigenvalue weighted by Crippen LogP contribution is -2.48. The van der Waals surface area contributed by atoms with Crippen LogP contribution in [0.5, 0.6) is 11.6 Å². The Morgan fingerprint density at radius 3 is 2.82 bits per heavy atom. The van der Waals surface area contributed by atoms with Gasteiger partial charge in [0.1, 0.15) is 6.61 Å². The molecule has 146 valence electrons. The summed E-state index contributed by atoms with van der Waals surface area (Å²) in [6.45, 7) is 3.04. The van der Waals surface area contributed by atoms with E-state index in [1.54, 1.807) is 6.20 Å². The number of fused-ring (bicyclic) bond motifs is 3. The van der Waals surface area contributed by atoms with Crippen LogP contribution >= 0.6 is 0 Å². The Bertz CT molecular complexity index is 872. The highest BCUT2D eigenvalue weighted by atomic mass is 16.6. The van der Waals surface area contributed by atoms with E-state index in [2.05, 4.69) is 34.1 Å². The van der Waals surface area contributed by atoms with Crippen molar-refractivity contribution in [3.05, 3.63) is 53.7 Å². The van der Waals surface area contributed by atoms with E-state index < -0.39 is 0 Å². The Morgan fingerprint density at radius 1 is 1.21 bits per heavy atom. The summed E-state index contributed by atoms with van der Waals surface area (Å²) < 4.78 is 16.6. The molecular formula is C21H23N3O4. The molecule has 7 nitrogen and oxygen atoms in total. The van der Waals surface area contributed by atoms with Crippen molar-refractivity contribution in [3.63, 3.8) is 0 Å². The van der Waals surface area contributed by atoms with Gasteiger partial charge in [-0.05, 0) is 29.7 Å². The number of methoxy groups -OCH3 is 1. The fraction of sp³-hybridized carbons (Fsp3) is 0.429. The zero-order chi connectivity index (χ0) is 19.1. The van der Waals surface area contributed by atoms with Crippen LogP contribution in [0.4, 0.5) is 4.79 Å². The molecule has 2 saturated heterocycles. The van der Waals surface area contributed by atoms with Crippen LogP contribution in [-0.4, -0.2) is 59.8 Å².